The zero-order valence-corrected chi connectivity index (χ0v) is 22.2. The third-order valence-corrected chi connectivity index (χ3v) is 7.14. The zero-order chi connectivity index (χ0) is 21.6. The van der Waals surface area contributed by atoms with E-state index in [0.717, 1.165) is 69.0 Å². The van der Waals surface area contributed by atoms with Gasteiger partial charge in [0.05, 0.1) is 16.4 Å². The lowest BCUT2D eigenvalue weighted by Crippen LogP contribution is -2.53. The molecule has 2 aliphatic rings. The van der Waals surface area contributed by atoms with E-state index >= 15 is 0 Å². The molecule has 0 spiro atoms. The molecule has 176 valence electrons. The van der Waals surface area contributed by atoms with Crippen molar-refractivity contribution in [2.24, 2.45) is 10.9 Å². The number of aromatic nitrogens is 1. The van der Waals surface area contributed by atoms with E-state index in [9.17, 15) is 5.11 Å². The van der Waals surface area contributed by atoms with Gasteiger partial charge in [-0.05, 0) is 50.9 Å². The van der Waals surface area contributed by atoms with E-state index in [-0.39, 0.29) is 24.0 Å². The number of nitrogens with one attached hydrogen (secondary N) is 1. The number of hydrogen-bond acceptors (Lipinski definition) is 6. The summed E-state index contributed by atoms with van der Waals surface area (Å²) in [5.74, 6) is 2.04. The summed E-state index contributed by atoms with van der Waals surface area (Å²) < 4.78 is 0. The molecule has 3 heterocycles. The van der Waals surface area contributed by atoms with E-state index < -0.39 is 0 Å². The number of benzene rings is 1. The molecule has 0 atom stereocenters. The fourth-order valence-electron chi connectivity index (χ4n) is 4.52. The number of piperidine rings is 1. The van der Waals surface area contributed by atoms with Crippen LogP contribution in [0.25, 0.3) is 0 Å². The van der Waals surface area contributed by atoms with Crippen LogP contribution >= 0.6 is 35.3 Å². The predicted octanol–water partition coefficient (Wildman–Crippen LogP) is 3.38. The van der Waals surface area contributed by atoms with Crippen molar-refractivity contribution >= 4 is 47.0 Å². The number of phenolic OH excluding ortho intramolecular Hbond substituents is 1. The first kappa shape index (κ1) is 25.0. The van der Waals surface area contributed by atoms with Gasteiger partial charge >= 0.3 is 0 Å². The molecule has 4 rings (SSSR count). The van der Waals surface area contributed by atoms with Gasteiger partial charge in [0, 0.05) is 51.7 Å². The third-order valence-electron chi connectivity index (χ3n) is 6.32. The fraction of sp³-hybridized carbons (Fsp3) is 0.565. The number of nitrogens with zero attached hydrogens (tertiary/aromatic N) is 5. The Labute approximate surface area is 212 Å². The Morgan fingerprint density at radius 2 is 1.88 bits per heavy atom. The van der Waals surface area contributed by atoms with Crippen LogP contribution in [0, 0.1) is 12.8 Å². The predicted molar refractivity (Wildman–Crippen MR) is 144 cm³/mol. The van der Waals surface area contributed by atoms with Gasteiger partial charge in [0.25, 0.3) is 0 Å². The summed E-state index contributed by atoms with van der Waals surface area (Å²) >= 11 is 1.74. The second kappa shape index (κ2) is 12.0. The largest absolute Gasteiger partial charge is 0.506 e. The third kappa shape index (κ3) is 6.48. The quantitative estimate of drug-likeness (QED) is 0.327. The van der Waals surface area contributed by atoms with Crippen molar-refractivity contribution in [3.05, 3.63) is 40.3 Å². The van der Waals surface area contributed by atoms with Gasteiger partial charge in [-0.25, -0.2) is 4.98 Å². The molecule has 0 bridgehead atoms. The van der Waals surface area contributed by atoms with Crippen LogP contribution in [0.15, 0.2) is 34.6 Å². The first-order valence-electron chi connectivity index (χ1n) is 11.2. The van der Waals surface area contributed by atoms with Gasteiger partial charge in [-0.1, -0.05) is 12.1 Å². The van der Waals surface area contributed by atoms with E-state index in [1.54, 1.807) is 17.4 Å². The number of para-hydroxylation sites is 2. The van der Waals surface area contributed by atoms with Gasteiger partial charge in [-0.3, -0.25) is 9.89 Å². The SMILES string of the molecule is CN=C(NCC1CCN(Cc2csc(C)n2)CC1)N1CCN(c2ccccc2O)CC1.I. The highest BCUT2D eigenvalue weighted by molar-refractivity contribution is 14.0. The minimum absolute atomic E-state index is 0. The summed E-state index contributed by atoms with van der Waals surface area (Å²) in [6.45, 7) is 9.88. The Hall–Kier alpha value is -1.59. The lowest BCUT2D eigenvalue weighted by molar-refractivity contribution is 0.176. The maximum atomic E-state index is 10.1. The van der Waals surface area contributed by atoms with Crippen LogP contribution in [-0.4, -0.2) is 78.7 Å². The minimum atomic E-state index is 0. The van der Waals surface area contributed by atoms with Crippen molar-refractivity contribution in [1.82, 2.24) is 20.1 Å². The van der Waals surface area contributed by atoms with Gasteiger partial charge < -0.3 is 20.2 Å². The standard InChI is InChI=1S/C23H34N6OS.HI/c1-18-26-20(17-31-18)16-27-9-7-19(8-10-27)15-25-23(24-2)29-13-11-28(12-14-29)21-5-3-4-6-22(21)30;/h3-6,17,19,30H,7-16H2,1-2H3,(H,24,25);1H. The van der Waals surface area contributed by atoms with Crippen molar-refractivity contribution in [3.63, 3.8) is 0 Å². The number of hydrogen-bond donors (Lipinski definition) is 2. The monoisotopic (exact) mass is 570 g/mol. The van der Waals surface area contributed by atoms with Crippen LogP contribution in [0.4, 0.5) is 5.69 Å². The molecule has 2 fully saturated rings. The van der Waals surface area contributed by atoms with Crippen molar-refractivity contribution < 1.29 is 5.11 Å². The van der Waals surface area contributed by atoms with Gasteiger partial charge in [0.2, 0.25) is 0 Å². The second-order valence-electron chi connectivity index (χ2n) is 8.47. The van der Waals surface area contributed by atoms with Crippen LogP contribution in [0.3, 0.4) is 0 Å². The average molecular weight is 571 g/mol. The molecule has 0 saturated carbocycles. The van der Waals surface area contributed by atoms with E-state index in [0.29, 0.717) is 11.7 Å². The number of phenols is 1. The summed E-state index contributed by atoms with van der Waals surface area (Å²) in [4.78, 5) is 16.2. The summed E-state index contributed by atoms with van der Waals surface area (Å²) in [7, 11) is 1.87. The highest BCUT2D eigenvalue weighted by Gasteiger charge is 2.23. The molecule has 2 aromatic rings. The Morgan fingerprint density at radius 1 is 1.16 bits per heavy atom. The van der Waals surface area contributed by atoms with E-state index in [2.05, 4.69) is 42.3 Å². The first-order chi connectivity index (χ1) is 15.1. The smallest absolute Gasteiger partial charge is 0.193 e. The Kier molecular flexibility index (Phi) is 9.42. The van der Waals surface area contributed by atoms with Crippen LogP contribution in [0.5, 0.6) is 5.75 Å². The summed E-state index contributed by atoms with van der Waals surface area (Å²) in [5, 5.41) is 17.1. The van der Waals surface area contributed by atoms with Crippen molar-refractivity contribution in [2.45, 2.75) is 26.3 Å². The molecule has 32 heavy (non-hydrogen) atoms. The number of anilines is 1. The molecule has 7 nitrogen and oxygen atoms in total. The van der Waals surface area contributed by atoms with Crippen LogP contribution in [-0.2, 0) is 6.54 Å². The van der Waals surface area contributed by atoms with Crippen molar-refractivity contribution in [3.8, 4) is 5.75 Å². The maximum Gasteiger partial charge on any atom is 0.193 e. The number of likely N-dealkylation sites (tertiary alicyclic amines) is 1. The number of rotatable bonds is 5. The highest BCUT2D eigenvalue weighted by Crippen LogP contribution is 2.27. The lowest BCUT2D eigenvalue weighted by atomic mass is 9.97. The van der Waals surface area contributed by atoms with Gasteiger partial charge in [-0.15, -0.1) is 35.3 Å². The molecular weight excluding hydrogens is 535 g/mol. The first-order valence-corrected chi connectivity index (χ1v) is 12.1. The second-order valence-corrected chi connectivity index (χ2v) is 9.53. The molecule has 0 aliphatic carbocycles. The number of piperazine rings is 1. The van der Waals surface area contributed by atoms with Crippen LogP contribution in [0.2, 0.25) is 0 Å². The van der Waals surface area contributed by atoms with Gasteiger partial charge in [0.1, 0.15) is 5.75 Å². The molecular formula is C23H35IN6OS. The normalized spacial score (nSPS) is 18.5. The summed E-state index contributed by atoms with van der Waals surface area (Å²) in [5.41, 5.74) is 2.13. The number of halogens is 1. The molecule has 1 aromatic heterocycles. The number of aryl methyl sites for hydroxylation is 1. The molecule has 2 aliphatic heterocycles. The van der Waals surface area contributed by atoms with Crippen molar-refractivity contribution in [2.75, 3.05) is 57.8 Å². The zero-order valence-electron chi connectivity index (χ0n) is 19.0. The average Bonchev–Trinajstić information content (AvgIpc) is 3.20. The molecule has 9 heteroatoms. The molecule has 2 saturated heterocycles. The minimum Gasteiger partial charge on any atom is -0.506 e. The van der Waals surface area contributed by atoms with Crippen molar-refractivity contribution in [1.29, 1.82) is 0 Å². The van der Waals surface area contributed by atoms with E-state index in [4.69, 9.17) is 0 Å². The maximum absolute atomic E-state index is 10.1. The molecule has 1 aromatic carbocycles. The Balaban J connectivity index is 0.00000289. The summed E-state index contributed by atoms with van der Waals surface area (Å²) in [6, 6.07) is 7.59. The van der Waals surface area contributed by atoms with E-state index in [1.165, 1.54) is 18.5 Å². The molecule has 0 unspecified atom stereocenters. The van der Waals surface area contributed by atoms with Gasteiger partial charge in [-0.2, -0.15) is 0 Å². The van der Waals surface area contributed by atoms with E-state index in [1.807, 2.05) is 25.2 Å². The number of aliphatic imine (C=N–C) groups is 1. The fourth-order valence-corrected chi connectivity index (χ4v) is 5.12. The molecule has 2 N–H and O–H groups in total. The van der Waals surface area contributed by atoms with Crippen LogP contribution in [0.1, 0.15) is 23.5 Å². The van der Waals surface area contributed by atoms with Crippen LogP contribution < -0.4 is 10.2 Å². The Bertz CT molecular complexity index is 875. The number of guanidine groups is 1. The number of thiazole rings is 1. The summed E-state index contributed by atoms with van der Waals surface area (Å²) in [6.07, 6.45) is 2.43. The molecule has 0 amide bonds. The van der Waals surface area contributed by atoms with Gasteiger partial charge in [0.15, 0.2) is 5.96 Å². The Morgan fingerprint density at radius 3 is 2.50 bits per heavy atom. The topological polar surface area (TPSA) is 67.2 Å². The molecule has 0 radical (unpaired) electrons. The number of aromatic hydroxyl groups is 1. The lowest BCUT2D eigenvalue weighted by Gasteiger charge is -2.38. The highest BCUT2D eigenvalue weighted by atomic mass is 127.